The largest absolute Gasteiger partial charge is 0.466 e. The van der Waals surface area contributed by atoms with Gasteiger partial charge in [-0.05, 0) is 24.6 Å². The fraction of sp³-hybridized carbons (Fsp3) is 0.429. The molecule has 0 bridgehead atoms. The molecule has 1 aromatic rings. The summed E-state index contributed by atoms with van der Waals surface area (Å²) in [5, 5.41) is 3.42. The molecule has 0 radical (unpaired) electrons. The molecule has 1 atom stereocenters. The molecule has 1 fully saturated rings. The average Bonchev–Trinajstić information content (AvgIpc) is 2.73. The number of hydrogen-bond donors (Lipinski definition) is 1. The number of ether oxygens (including phenoxy) is 1. The Morgan fingerprint density at radius 1 is 1.42 bits per heavy atom. The summed E-state index contributed by atoms with van der Waals surface area (Å²) in [5.74, 6) is -0.326. The van der Waals surface area contributed by atoms with Crippen molar-refractivity contribution < 1.29 is 14.3 Å². The quantitative estimate of drug-likeness (QED) is 0.860. The van der Waals surface area contributed by atoms with Crippen LogP contribution in [0.4, 0.5) is 0 Å². The van der Waals surface area contributed by atoms with Gasteiger partial charge in [-0.3, -0.25) is 9.59 Å². The van der Waals surface area contributed by atoms with Crippen LogP contribution in [0, 0.1) is 0 Å². The van der Waals surface area contributed by atoms with Crippen LogP contribution in [0.5, 0.6) is 0 Å². The van der Waals surface area contributed by atoms with Crippen LogP contribution >= 0.6 is 11.6 Å². The summed E-state index contributed by atoms with van der Waals surface area (Å²) in [7, 11) is 0. The molecule has 19 heavy (non-hydrogen) atoms. The highest BCUT2D eigenvalue weighted by molar-refractivity contribution is 6.30. The van der Waals surface area contributed by atoms with E-state index in [0.29, 0.717) is 24.6 Å². The summed E-state index contributed by atoms with van der Waals surface area (Å²) in [5.41, 5.74) is 0.414. The Morgan fingerprint density at radius 3 is 2.63 bits per heavy atom. The van der Waals surface area contributed by atoms with Crippen LogP contribution in [0.1, 0.15) is 25.3 Å². The number of amides is 1. The molecule has 5 heteroatoms. The van der Waals surface area contributed by atoms with E-state index in [9.17, 15) is 9.59 Å². The topological polar surface area (TPSA) is 55.4 Å². The zero-order chi connectivity index (χ0) is 13.9. The first-order valence-electron chi connectivity index (χ1n) is 6.24. The molecule has 0 spiro atoms. The van der Waals surface area contributed by atoms with Gasteiger partial charge in [-0.25, -0.2) is 0 Å². The van der Waals surface area contributed by atoms with E-state index < -0.39 is 5.41 Å². The molecule has 102 valence electrons. The highest BCUT2D eigenvalue weighted by Crippen LogP contribution is 2.35. The molecule has 1 aromatic carbocycles. The van der Waals surface area contributed by atoms with Crippen molar-refractivity contribution in [3.05, 3.63) is 34.9 Å². The number of carbonyl (C=O) groups excluding carboxylic acids is 2. The lowest BCUT2D eigenvalue weighted by Gasteiger charge is -2.26. The lowest BCUT2D eigenvalue weighted by Crippen LogP contribution is -2.32. The van der Waals surface area contributed by atoms with Gasteiger partial charge in [-0.1, -0.05) is 23.7 Å². The molecule has 1 saturated heterocycles. The second-order valence-electron chi connectivity index (χ2n) is 4.72. The molecule has 0 unspecified atom stereocenters. The van der Waals surface area contributed by atoms with E-state index in [2.05, 4.69) is 5.32 Å². The van der Waals surface area contributed by atoms with Gasteiger partial charge in [0.25, 0.3) is 0 Å². The molecule has 4 nitrogen and oxygen atoms in total. The second-order valence-corrected chi connectivity index (χ2v) is 5.16. The SMILES string of the molecule is CCOC(=O)C[C@]1(c2ccc(Cl)cc2)CNC(=O)C1. The first kappa shape index (κ1) is 13.9. The van der Waals surface area contributed by atoms with Gasteiger partial charge in [0.15, 0.2) is 0 Å². The number of nitrogens with one attached hydrogen (secondary N) is 1. The fourth-order valence-electron chi connectivity index (χ4n) is 2.42. The Hall–Kier alpha value is -1.55. The molecule has 0 aliphatic carbocycles. The van der Waals surface area contributed by atoms with E-state index in [1.165, 1.54) is 0 Å². The van der Waals surface area contributed by atoms with Crippen molar-refractivity contribution >= 4 is 23.5 Å². The molecule has 1 aliphatic rings. The standard InChI is InChI=1S/C14H16ClNO3/c1-2-19-13(18)8-14(7-12(17)16-9-14)10-3-5-11(15)6-4-10/h3-6H,2,7-9H2,1H3,(H,16,17)/t14-/m0/s1. The third-order valence-electron chi connectivity index (χ3n) is 3.37. The molecule has 1 amide bonds. The van der Waals surface area contributed by atoms with Crippen molar-refractivity contribution in [1.29, 1.82) is 0 Å². The maximum absolute atomic E-state index is 11.8. The van der Waals surface area contributed by atoms with Crippen molar-refractivity contribution in [2.75, 3.05) is 13.2 Å². The summed E-state index contributed by atoms with van der Waals surface area (Å²) in [4.78, 5) is 23.3. The number of rotatable bonds is 4. The van der Waals surface area contributed by atoms with Gasteiger partial charge in [0.05, 0.1) is 13.0 Å². The van der Waals surface area contributed by atoms with Crippen LogP contribution in [0.25, 0.3) is 0 Å². The molecular formula is C14H16ClNO3. The van der Waals surface area contributed by atoms with Gasteiger partial charge >= 0.3 is 5.97 Å². The van der Waals surface area contributed by atoms with Crippen molar-refractivity contribution in [1.82, 2.24) is 5.32 Å². The summed E-state index contributed by atoms with van der Waals surface area (Å²) < 4.78 is 5.01. The molecule has 1 heterocycles. The average molecular weight is 282 g/mol. The van der Waals surface area contributed by atoms with Crippen LogP contribution in [-0.2, 0) is 19.7 Å². The summed E-state index contributed by atoms with van der Waals surface area (Å²) >= 11 is 5.87. The third kappa shape index (κ3) is 3.07. The van der Waals surface area contributed by atoms with Gasteiger partial charge in [0, 0.05) is 23.4 Å². The zero-order valence-corrected chi connectivity index (χ0v) is 11.5. The van der Waals surface area contributed by atoms with E-state index in [1.807, 2.05) is 12.1 Å². The van der Waals surface area contributed by atoms with Gasteiger partial charge < -0.3 is 10.1 Å². The van der Waals surface area contributed by atoms with Crippen LogP contribution in [0.2, 0.25) is 5.02 Å². The highest BCUT2D eigenvalue weighted by atomic mass is 35.5. The van der Waals surface area contributed by atoms with Crippen LogP contribution in [0.3, 0.4) is 0 Å². The monoisotopic (exact) mass is 281 g/mol. The van der Waals surface area contributed by atoms with Crippen molar-refractivity contribution in [3.8, 4) is 0 Å². The molecule has 2 rings (SSSR count). The predicted molar refractivity (Wildman–Crippen MR) is 72.0 cm³/mol. The van der Waals surface area contributed by atoms with Crippen LogP contribution in [0.15, 0.2) is 24.3 Å². The van der Waals surface area contributed by atoms with E-state index in [1.54, 1.807) is 19.1 Å². The maximum Gasteiger partial charge on any atom is 0.306 e. The number of esters is 1. The van der Waals surface area contributed by atoms with E-state index in [-0.39, 0.29) is 18.3 Å². The molecule has 0 saturated carbocycles. The maximum atomic E-state index is 11.8. The van der Waals surface area contributed by atoms with Crippen LogP contribution in [-0.4, -0.2) is 25.0 Å². The number of benzene rings is 1. The zero-order valence-electron chi connectivity index (χ0n) is 10.7. The minimum Gasteiger partial charge on any atom is -0.466 e. The number of halogens is 1. The minimum atomic E-state index is -0.520. The Morgan fingerprint density at radius 2 is 2.11 bits per heavy atom. The third-order valence-corrected chi connectivity index (χ3v) is 3.62. The highest BCUT2D eigenvalue weighted by Gasteiger charge is 2.42. The fourth-order valence-corrected chi connectivity index (χ4v) is 2.55. The van der Waals surface area contributed by atoms with Crippen molar-refractivity contribution in [2.24, 2.45) is 0 Å². The summed E-state index contributed by atoms with van der Waals surface area (Å²) in [6.45, 7) is 2.56. The lowest BCUT2D eigenvalue weighted by molar-refractivity contribution is -0.144. The second kappa shape index (κ2) is 5.61. The first-order chi connectivity index (χ1) is 9.05. The van der Waals surface area contributed by atoms with Gasteiger partial charge in [0.2, 0.25) is 5.91 Å². The van der Waals surface area contributed by atoms with Gasteiger partial charge in [-0.15, -0.1) is 0 Å². The predicted octanol–water partition coefficient (Wildman–Crippen LogP) is 2.05. The normalized spacial score (nSPS) is 22.1. The first-order valence-corrected chi connectivity index (χ1v) is 6.62. The van der Waals surface area contributed by atoms with E-state index in [4.69, 9.17) is 16.3 Å². The Balaban J connectivity index is 2.27. The van der Waals surface area contributed by atoms with Crippen LogP contribution < -0.4 is 5.32 Å². The van der Waals surface area contributed by atoms with Gasteiger partial charge in [-0.2, -0.15) is 0 Å². The van der Waals surface area contributed by atoms with Crippen molar-refractivity contribution in [2.45, 2.75) is 25.2 Å². The summed E-state index contributed by atoms with van der Waals surface area (Å²) in [6.07, 6.45) is 0.495. The van der Waals surface area contributed by atoms with Gasteiger partial charge in [0.1, 0.15) is 0 Å². The van der Waals surface area contributed by atoms with Crippen molar-refractivity contribution in [3.63, 3.8) is 0 Å². The summed E-state index contributed by atoms with van der Waals surface area (Å²) in [6, 6.07) is 7.27. The van der Waals surface area contributed by atoms with E-state index >= 15 is 0 Å². The number of carbonyl (C=O) groups is 2. The Labute approximate surface area is 117 Å². The Bertz CT molecular complexity index is 486. The number of hydrogen-bond acceptors (Lipinski definition) is 3. The smallest absolute Gasteiger partial charge is 0.306 e. The minimum absolute atomic E-state index is 0.0424. The lowest BCUT2D eigenvalue weighted by atomic mass is 9.77. The van der Waals surface area contributed by atoms with E-state index in [0.717, 1.165) is 5.56 Å². The molecule has 1 aliphatic heterocycles. The Kier molecular flexibility index (Phi) is 4.10. The molecule has 1 N–H and O–H groups in total. The molecular weight excluding hydrogens is 266 g/mol. The molecule has 0 aromatic heterocycles.